The van der Waals surface area contributed by atoms with Gasteiger partial charge in [0.2, 0.25) is 0 Å². The first-order chi connectivity index (χ1) is 7.90. The number of rotatable bonds is 5. The molecule has 4 nitrogen and oxygen atoms in total. The number of halogens is 1. The number of hydrogen-bond acceptors (Lipinski definition) is 2. The van der Waals surface area contributed by atoms with Crippen molar-refractivity contribution in [2.45, 2.75) is 20.8 Å². The van der Waals surface area contributed by atoms with Gasteiger partial charge in [-0.3, -0.25) is 4.72 Å². The summed E-state index contributed by atoms with van der Waals surface area (Å²) in [5.74, 6) is 0. The molecule has 0 radical (unpaired) electrons. The van der Waals surface area contributed by atoms with Crippen LogP contribution in [0.15, 0.2) is 22.7 Å². The number of aryl methyl sites for hydroxylation is 1. The molecule has 1 aromatic rings. The van der Waals surface area contributed by atoms with Crippen molar-refractivity contribution in [3.8, 4) is 0 Å². The molecule has 1 aromatic carbocycles. The molecule has 0 aliphatic rings. The summed E-state index contributed by atoms with van der Waals surface area (Å²) in [6, 6.07) is 5.54. The third-order valence-electron chi connectivity index (χ3n) is 2.41. The van der Waals surface area contributed by atoms with E-state index < -0.39 is 10.2 Å². The molecule has 0 fully saturated rings. The molecule has 0 aromatic heterocycles. The van der Waals surface area contributed by atoms with Gasteiger partial charge in [0, 0.05) is 17.6 Å². The van der Waals surface area contributed by atoms with Crippen molar-refractivity contribution < 1.29 is 8.42 Å². The highest BCUT2D eigenvalue weighted by Gasteiger charge is 2.19. The monoisotopic (exact) mass is 320 g/mol. The SMILES string of the molecule is CCN(CC)S(=O)(=O)Nc1cc(C)ccc1Br. The molecule has 0 saturated carbocycles. The van der Waals surface area contributed by atoms with Crippen molar-refractivity contribution in [1.29, 1.82) is 0 Å². The summed E-state index contributed by atoms with van der Waals surface area (Å²) in [6.45, 7) is 6.45. The third kappa shape index (κ3) is 3.69. The smallest absolute Gasteiger partial charge is 0.270 e. The van der Waals surface area contributed by atoms with Gasteiger partial charge in [-0.2, -0.15) is 12.7 Å². The molecule has 17 heavy (non-hydrogen) atoms. The van der Waals surface area contributed by atoms with Crippen LogP contribution in [0.2, 0.25) is 0 Å². The van der Waals surface area contributed by atoms with Gasteiger partial charge in [-0.1, -0.05) is 19.9 Å². The van der Waals surface area contributed by atoms with Crippen LogP contribution in [-0.2, 0) is 10.2 Å². The van der Waals surface area contributed by atoms with E-state index in [1.807, 2.05) is 32.9 Å². The van der Waals surface area contributed by atoms with Gasteiger partial charge in [0.05, 0.1) is 5.69 Å². The van der Waals surface area contributed by atoms with Crippen LogP contribution >= 0.6 is 15.9 Å². The molecule has 1 N–H and O–H groups in total. The molecular formula is C11H17BrN2O2S. The van der Waals surface area contributed by atoms with Crippen LogP contribution in [0.3, 0.4) is 0 Å². The molecule has 0 atom stereocenters. The van der Waals surface area contributed by atoms with E-state index in [9.17, 15) is 8.42 Å². The van der Waals surface area contributed by atoms with Gasteiger partial charge in [0.15, 0.2) is 0 Å². The fourth-order valence-electron chi connectivity index (χ4n) is 1.48. The van der Waals surface area contributed by atoms with Crippen molar-refractivity contribution in [1.82, 2.24) is 4.31 Å². The Labute approximate surface area is 111 Å². The first-order valence-electron chi connectivity index (χ1n) is 5.44. The summed E-state index contributed by atoms with van der Waals surface area (Å²) in [7, 11) is -3.46. The second kappa shape index (κ2) is 5.84. The van der Waals surface area contributed by atoms with E-state index >= 15 is 0 Å². The minimum Gasteiger partial charge on any atom is -0.270 e. The summed E-state index contributed by atoms with van der Waals surface area (Å²) in [5, 5.41) is 0. The van der Waals surface area contributed by atoms with Crippen LogP contribution < -0.4 is 4.72 Å². The lowest BCUT2D eigenvalue weighted by atomic mass is 10.2. The first-order valence-corrected chi connectivity index (χ1v) is 7.68. The molecule has 0 bridgehead atoms. The van der Waals surface area contributed by atoms with Crippen LogP contribution in [0, 0.1) is 6.92 Å². The van der Waals surface area contributed by atoms with Crippen LogP contribution in [0.4, 0.5) is 5.69 Å². The first kappa shape index (κ1) is 14.5. The summed E-state index contributed by atoms with van der Waals surface area (Å²) < 4.78 is 28.7. The van der Waals surface area contributed by atoms with E-state index in [4.69, 9.17) is 0 Å². The Balaban J connectivity index is 3.01. The third-order valence-corrected chi connectivity index (χ3v) is 4.77. The van der Waals surface area contributed by atoms with Crippen molar-refractivity contribution in [2.24, 2.45) is 0 Å². The highest BCUT2D eigenvalue weighted by molar-refractivity contribution is 9.10. The minimum atomic E-state index is -3.46. The maximum absolute atomic E-state index is 12.0. The highest BCUT2D eigenvalue weighted by atomic mass is 79.9. The van der Waals surface area contributed by atoms with E-state index in [2.05, 4.69) is 20.7 Å². The van der Waals surface area contributed by atoms with Crippen molar-refractivity contribution in [2.75, 3.05) is 17.8 Å². The number of hydrogen-bond donors (Lipinski definition) is 1. The fourth-order valence-corrected chi connectivity index (χ4v) is 3.22. The zero-order chi connectivity index (χ0) is 13.1. The zero-order valence-electron chi connectivity index (χ0n) is 10.2. The zero-order valence-corrected chi connectivity index (χ0v) is 12.6. The molecule has 0 unspecified atom stereocenters. The molecule has 0 aliphatic carbocycles. The summed E-state index contributed by atoms with van der Waals surface area (Å²) >= 11 is 3.33. The molecule has 0 saturated heterocycles. The summed E-state index contributed by atoms with van der Waals surface area (Å²) in [4.78, 5) is 0. The quantitative estimate of drug-likeness (QED) is 0.906. The lowest BCUT2D eigenvalue weighted by Gasteiger charge is -2.20. The normalized spacial score (nSPS) is 11.8. The van der Waals surface area contributed by atoms with Gasteiger partial charge in [-0.25, -0.2) is 0 Å². The topological polar surface area (TPSA) is 49.4 Å². The molecule has 0 amide bonds. The lowest BCUT2D eigenvalue weighted by Crippen LogP contribution is -2.35. The van der Waals surface area contributed by atoms with Crippen molar-refractivity contribution in [3.63, 3.8) is 0 Å². The predicted octanol–water partition coefficient (Wildman–Crippen LogP) is 2.76. The van der Waals surface area contributed by atoms with Gasteiger partial charge in [-0.05, 0) is 40.5 Å². The maximum atomic E-state index is 12.0. The highest BCUT2D eigenvalue weighted by Crippen LogP contribution is 2.24. The summed E-state index contributed by atoms with van der Waals surface area (Å²) in [5.41, 5.74) is 1.57. The Kier molecular flexibility index (Phi) is 4.97. The van der Waals surface area contributed by atoms with E-state index in [-0.39, 0.29) is 0 Å². The Morgan fingerprint density at radius 2 is 1.88 bits per heavy atom. The Hall–Kier alpha value is -0.590. The number of nitrogens with zero attached hydrogens (tertiary/aromatic N) is 1. The minimum absolute atomic E-state index is 0.454. The molecule has 1 rings (SSSR count). The van der Waals surface area contributed by atoms with Crippen molar-refractivity contribution >= 4 is 31.8 Å². The number of anilines is 1. The number of nitrogens with one attached hydrogen (secondary N) is 1. The Morgan fingerprint density at radius 3 is 2.41 bits per heavy atom. The summed E-state index contributed by atoms with van der Waals surface area (Å²) in [6.07, 6.45) is 0. The molecule has 0 spiro atoms. The van der Waals surface area contributed by atoms with Crippen LogP contribution in [0.5, 0.6) is 0 Å². The second-order valence-electron chi connectivity index (χ2n) is 3.67. The fraction of sp³-hybridized carbons (Fsp3) is 0.455. The maximum Gasteiger partial charge on any atom is 0.301 e. The Bertz CT molecular complexity index is 484. The van der Waals surface area contributed by atoms with E-state index in [0.717, 1.165) is 10.0 Å². The molecule has 0 aliphatic heterocycles. The van der Waals surface area contributed by atoms with Gasteiger partial charge in [-0.15, -0.1) is 0 Å². The van der Waals surface area contributed by atoms with Crippen molar-refractivity contribution in [3.05, 3.63) is 28.2 Å². The average molecular weight is 321 g/mol. The number of benzene rings is 1. The molecule has 0 heterocycles. The molecule has 6 heteroatoms. The Morgan fingerprint density at radius 1 is 1.29 bits per heavy atom. The largest absolute Gasteiger partial charge is 0.301 e. The second-order valence-corrected chi connectivity index (χ2v) is 6.20. The molecule has 96 valence electrons. The van der Waals surface area contributed by atoms with Crippen LogP contribution in [-0.4, -0.2) is 25.8 Å². The van der Waals surface area contributed by atoms with Gasteiger partial charge < -0.3 is 0 Å². The van der Waals surface area contributed by atoms with Gasteiger partial charge in [0.25, 0.3) is 0 Å². The standard InChI is InChI=1S/C11H17BrN2O2S/c1-4-14(5-2)17(15,16)13-11-8-9(3)6-7-10(11)12/h6-8,13H,4-5H2,1-3H3. The van der Waals surface area contributed by atoms with E-state index in [1.54, 1.807) is 6.07 Å². The molecular weight excluding hydrogens is 304 g/mol. The van der Waals surface area contributed by atoms with Crippen LogP contribution in [0.25, 0.3) is 0 Å². The van der Waals surface area contributed by atoms with E-state index in [1.165, 1.54) is 4.31 Å². The van der Waals surface area contributed by atoms with E-state index in [0.29, 0.717) is 18.8 Å². The average Bonchev–Trinajstić information content (AvgIpc) is 2.24. The van der Waals surface area contributed by atoms with Gasteiger partial charge >= 0.3 is 10.2 Å². The predicted molar refractivity (Wildman–Crippen MR) is 74.3 cm³/mol. The lowest BCUT2D eigenvalue weighted by molar-refractivity contribution is 0.449. The van der Waals surface area contributed by atoms with Gasteiger partial charge in [0.1, 0.15) is 0 Å². The van der Waals surface area contributed by atoms with Crippen LogP contribution in [0.1, 0.15) is 19.4 Å².